The number of carbonyl (C=O) groups is 1. The summed E-state index contributed by atoms with van der Waals surface area (Å²) >= 11 is 6.17. The molecule has 0 unspecified atom stereocenters. The van der Waals surface area contributed by atoms with Gasteiger partial charge >= 0.3 is 0 Å². The van der Waals surface area contributed by atoms with Gasteiger partial charge < -0.3 is 10.1 Å². The zero-order valence-electron chi connectivity index (χ0n) is 13.1. The van der Waals surface area contributed by atoms with Crippen LogP contribution >= 0.6 is 11.6 Å². The molecule has 0 bridgehead atoms. The van der Waals surface area contributed by atoms with Gasteiger partial charge in [-0.1, -0.05) is 23.7 Å². The summed E-state index contributed by atoms with van der Waals surface area (Å²) in [7, 11) is 1.47. The highest BCUT2D eigenvalue weighted by molar-refractivity contribution is 6.32. The van der Waals surface area contributed by atoms with Gasteiger partial charge in [-0.15, -0.1) is 0 Å². The van der Waals surface area contributed by atoms with Crippen molar-refractivity contribution in [1.82, 2.24) is 15.1 Å². The minimum atomic E-state index is -1.12. The number of carbonyl (C=O) groups excluding carboxylic acids is 1. The molecule has 1 heterocycles. The molecule has 0 saturated heterocycles. The molecule has 0 aliphatic carbocycles. The van der Waals surface area contributed by atoms with Crippen LogP contribution in [0.3, 0.4) is 0 Å². The maximum absolute atomic E-state index is 12.3. The highest BCUT2D eigenvalue weighted by Gasteiger charge is 2.28. The summed E-state index contributed by atoms with van der Waals surface area (Å²) in [4.78, 5) is 12.3. The Kier molecular flexibility index (Phi) is 5.04. The fraction of sp³-hybridized carbons (Fsp3) is 0.312. The van der Waals surface area contributed by atoms with Crippen molar-refractivity contribution in [2.24, 2.45) is 0 Å². The lowest BCUT2D eigenvalue weighted by Gasteiger charge is -2.21. The van der Waals surface area contributed by atoms with Crippen LogP contribution in [0.25, 0.3) is 5.69 Å². The lowest BCUT2D eigenvalue weighted by Crippen LogP contribution is -2.48. The lowest BCUT2D eigenvalue weighted by atomic mass is 10.1. The number of aryl methyl sites for hydroxylation is 1. The molecular formula is C16H17ClN4O2. The van der Waals surface area contributed by atoms with Crippen LogP contribution < -0.4 is 5.32 Å². The second-order valence-corrected chi connectivity index (χ2v) is 5.77. The van der Waals surface area contributed by atoms with E-state index in [1.54, 1.807) is 23.7 Å². The smallest absolute Gasteiger partial charge is 0.273 e. The topological polar surface area (TPSA) is 79.9 Å². The Morgan fingerprint density at radius 1 is 1.52 bits per heavy atom. The number of methoxy groups -OCH3 is 1. The van der Waals surface area contributed by atoms with Gasteiger partial charge in [0.15, 0.2) is 5.69 Å². The zero-order valence-corrected chi connectivity index (χ0v) is 13.9. The number of amides is 1. The minimum absolute atomic E-state index is 0.0828. The van der Waals surface area contributed by atoms with Crippen molar-refractivity contribution in [3.05, 3.63) is 46.7 Å². The first kappa shape index (κ1) is 17.0. The monoisotopic (exact) mass is 332 g/mol. The number of nitriles is 1. The number of hydrogen-bond acceptors (Lipinski definition) is 4. The van der Waals surface area contributed by atoms with Crippen molar-refractivity contribution in [2.75, 3.05) is 13.7 Å². The Morgan fingerprint density at radius 2 is 2.22 bits per heavy atom. The standard InChI is InChI=1S/C16H17ClN4O2/c1-11-8-13(15(22)19-16(2,9-18)10-23-3)20-21(11)14-7-5-4-6-12(14)17/h4-8H,10H2,1-3H3,(H,19,22)/t16-/m1/s1. The van der Waals surface area contributed by atoms with Crippen molar-refractivity contribution in [3.8, 4) is 11.8 Å². The summed E-state index contributed by atoms with van der Waals surface area (Å²) in [5.41, 5.74) is 0.535. The van der Waals surface area contributed by atoms with Crippen LogP contribution in [0.15, 0.2) is 30.3 Å². The zero-order chi connectivity index (χ0) is 17.0. The fourth-order valence-electron chi connectivity index (χ4n) is 2.15. The van der Waals surface area contributed by atoms with Gasteiger partial charge in [-0.2, -0.15) is 10.4 Å². The first-order valence-corrected chi connectivity index (χ1v) is 7.32. The number of aromatic nitrogens is 2. The average molecular weight is 333 g/mol. The van der Waals surface area contributed by atoms with Gasteiger partial charge in [0.25, 0.3) is 5.91 Å². The third-order valence-corrected chi connectivity index (χ3v) is 3.59. The van der Waals surface area contributed by atoms with Crippen LogP contribution in [0.5, 0.6) is 0 Å². The summed E-state index contributed by atoms with van der Waals surface area (Å²) < 4.78 is 6.56. The van der Waals surface area contributed by atoms with Gasteiger partial charge in [-0.3, -0.25) is 4.79 Å². The van der Waals surface area contributed by atoms with E-state index in [0.717, 1.165) is 5.69 Å². The summed E-state index contributed by atoms with van der Waals surface area (Å²) in [6.45, 7) is 3.50. The molecule has 120 valence electrons. The Labute approximate surface area is 139 Å². The largest absolute Gasteiger partial charge is 0.381 e. The molecule has 7 heteroatoms. The first-order chi connectivity index (χ1) is 10.9. The number of ether oxygens (including phenoxy) is 1. The molecule has 0 saturated carbocycles. The number of nitrogens with zero attached hydrogens (tertiary/aromatic N) is 3. The van der Waals surface area contributed by atoms with E-state index >= 15 is 0 Å². The van der Waals surface area contributed by atoms with Gasteiger partial charge in [-0.05, 0) is 32.0 Å². The predicted octanol–water partition coefficient (Wildman–Crippen LogP) is 2.49. The third-order valence-electron chi connectivity index (χ3n) is 3.27. The van der Waals surface area contributed by atoms with Crippen molar-refractivity contribution >= 4 is 17.5 Å². The van der Waals surface area contributed by atoms with E-state index in [1.807, 2.05) is 31.2 Å². The minimum Gasteiger partial charge on any atom is -0.381 e. The van der Waals surface area contributed by atoms with Crippen molar-refractivity contribution < 1.29 is 9.53 Å². The van der Waals surface area contributed by atoms with Gasteiger partial charge in [-0.25, -0.2) is 4.68 Å². The van der Waals surface area contributed by atoms with Crippen LogP contribution in [0.1, 0.15) is 23.1 Å². The Balaban J connectivity index is 2.30. The number of para-hydroxylation sites is 1. The highest BCUT2D eigenvalue weighted by atomic mass is 35.5. The summed E-state index contributed by atoms with van der Waals surface area (Å²) in [5, 5.41) is 16.7. The number of halogens is 1. The fourth-order valence-corrected chi connectivity index (χ4v) is 2.37. The molecule has 0 spiro atoms. The summed E-state index contributed by atoms with van der Waals surface area (Å²) in [6.07, 6.45) is 0. The molecule has 1 aromatic heterocycles. The molecule has 1 amide bonds. The molecule has 6 nitrogen and oxygen atoms in total. The maximum atomic E-state index is 12.3. The van der Waals surface area contributed by atoms with Crippen LogP contribution in [-0.4, -0.2) is 34.9 Å². The second kappa shape index (κ2) is 6.82. The van der Waals surface area contributed by atoms with Crippen molar-refractivity contribution in [3.63, 3.8) is 0 Å². The number of hydrogen-bond donors (Lipinski definition) is 1. The number of rotatable bonds is 5. The number of nitrogens with one attached hydrogen (secondary N) is 1. The molecule has 1 N–H and O–H groups in total. The molecule has 0 radical (unpaired) electrons. The van der Waals surface area contributed by atoms with Gasteiger partial charge in [0.05, 0.1) is 23.4 Å². The molecular weight excluding hydrogens is 316 g/mol. The Hall–Kier alpha value is -2.36. The van der Waals surface area contributed by atoms with Crippen molar-refractivity contribution in [2.45, 2.75) is 19.4 Å². The maximum Gasteiger partial charge on any atom is 0.273 e. The highest BCUT2D eigenvalue weighted by Crippen LogP contribution is 2.21. The lowest BCUT2D eigenvalue weighted by molar-refractivity contribution is 0.0855. The summed E-state index contributed by atoms with van der Waals surface area (Å²) in [5.74, 6) is -0.444. The normalized spacial score (nSPS) is 13.2. The van der Waals surface area contributed by atoms with E-state index < -0.39 is 11.4 Å². The van der Waals surface area contributed by atoms with E-state index in [0.29, 0.717) is 10.7 Å². The average Bonchev–Trinajstić information content (AvgIpc) is 2.90. The van der Waals surface area contributed by atoms with Crippen molar-refractivity contribution in [1.29, 1.82) is 5.26 Å². The molecule has 1 aromatic carbocycles. The molecule has 23 heavy (non-hydrogen) atoms. The summed E-state index contributed by atoms with van der Waals surface area (Å²) in [6, 6.07) is 10.9. The number of benzene rings is 1. The third kappa shape index (κ3) is 3.70. The molecule has 0 aliphatic rings. The van der Waals surface area contributed by atoms with Crippen LogP contribution in [0, 0.1) is 18.3 Å². The van der Waals surface area contributed by atoms with E-state index in [-0.39, 0.29) is 12.3 Å². The first-order valence-electron chi connectivity index (χ1n) is 6.94. The predicted molar refractivity (Wildman–Crippen MR) is 86.7 cm³/mol. The molecule has 0 aliphatic heterocycles. The molecule has 2 rings (SSSR count). The van der Waals surface area contributed by atoms with Gasteiger partial charge in [0.1, 0.15) is 5.54 Å². The second-order valence-electron chi connectivity index (χ2n) is 5.37. The Morgan fingerprint density at radius 3 is 2.83 bits per heavy atom. The molecule has 0 fully saturated rings. The Bertz CT molecular complexity index is 766. The van der Waals surface area contributed by atoms with Crippen LogP contribution in [-0.2, 0) is 4.74 Å². The SMILES string of the molecule is COC[C@@](C)(C#N)NC(=O)c1cc(C)n(-c2ccccc2Cl)n1. The quantitative estimate of drug-likeness (QED) is 0.912. The van der Waals surface area contributed by atoms with E-state index in [1.165, 1.54) is 7.11 Å². The van der Waals surface area contributed by atoms with Crippen LogP contribution in [0.2, 0.25) is 5.02 Å². The van der Waals surface area contributed by atoms with Gasteiger partial charge in [0, 0.05) is 12.8 Å². The molecule has 2 aromatic rings. The van der Waals surface area contributed by atoms with E-state index in [4.69, 9.17) is 16.3 Å². The van der Waals surface area contributed by atoms with Gasteiger partial charge in [0.2, 0.25) is 0 Å². The van der Waals surface area contributed by atoms with E-state index in [9.17, 15) is 10.1 Å². The molecule has 1 atom stereocenters. The van der Waals surface area contributed by atoms with E-state index in [2.05, 4.69) is 10.4 Å². The van der Waals surface area contributed by atoms with Crippen LogP contribution in [0.4, 0.5) is 0 Å².